The van der Waals surface area contributed by atoms with Crippen molar-refractivity contribution in [3.05, 3.63) is 32.1 Å². The first-order valence-corrected chi connectivity index (χ1v) is 7.39. The number of hydrogen-bond donors (Lipinski definition) is 3. The maximum Gasteiger partial charge on any atom is 0.328 e. The first-order chi connectivity index (χ1) is 9.19. The van der Waals surface area contributed by atoms with Crippen molar-refractivity contribution in [1.82, 2.24) is 14.1 Å². The smallest absolute Gasteiger partial charge is 0.328 e. The van der Waals surface area contributed by atoms with Crippen molar-refractivity contribution in [3.63, 3.8) is 0 Å². The number of aromatic amines is 1. The molecule has 0 saturated carbocycles. The fourth-order valence-electron chi connectivity index (χ4n) is 2.28. The molecule has 1 unspecified atom stereocenters. The van der Waals surface area contributed by atoms with Gasteiger partial charge in [0.25, 0.3) is 5.56 Å². The van der Waals surface area contributed by atoms with Gasteiger partial charge in [-0.15, -0.1) is 0 Å². The van der Waals surface area contributed by atoms with E-state index >= 15 is 0 Å². The molecule has 2 aromatic rings. The summed E-state index contributed by atoms with van der Waals surface area (Å²) >= 11 is 8.65. The number of aromatic nitrogens is 3. The van der Waals surface area contributed by atoms with Gasteiger partial charge in [-0.1, -0.05) is 0 Å². The Morgan fingerprint density at radius 3 is 2.45 bits per heavy atom. The second-order valence-corrected chi connectivity index (χ2v) is 6.87. The van der Waals surface area contributed by atoms with Crippen LogP contribution in [0.5, 0.6) is 0 Å². The topological polar surface area (TPSA) is 59.8 Å². The molecular formula is C13H19N3O2S2. The third-order valence-corrected chi connectivity index (χ3v) is 5.00. The molecule has 5 nitrogen and oxygen atoms in total. The molecule has 0 amide bonds. The van der Waals surface area contributed by atoms with Crippen molar-refractivity contribution in [2.24, 2.45) is 7.05 Å². The van der Waals surface area contributed by atoms with Gasteiger partial charge in [0.1, 0.15) is 5.52 Å². The molecule has 110 valence electrons. The molecule has 7 heteroatoms. The Bertz CT molecular complexity index is 783. The van der Waals surface area contributed by atoms with Gasteiger partial charge in [-0.25, -0.2) is 4.79 Å². The van der Waals surface area contributed by atoms with Gasteiger partial charge in [0, 0.05) is 29.8 Å². The molecule has 2 rings (SSSR count). The van der Waals surface area contributed by atoms with Gasteiger partial charge in [-0.05, 0) is 26.3 Å². The van der Waals surface area contributed by atoms with E-state index in [0.717, 1.165) is 11.3 Å². The maximum atomic E-state index is 12.6. The third kappa shape index (κ3) is 2.33. The average molecular weight is 313 g/mol. The molecule has 0 fully saturated rings. The van der Waals surface area contributed by atoms with Crippen molar-refractivity contribution in [2.75, 3.05) is 5.75 Å². The number of thiol groups is 2. The van der Waals surface area contributed by atoms with Crippen LogP contribution in [0.2, 0.25) is 0 Å². The summed E-state index contributed by atoms with van der Waals surface area (Å²) in [6.45, 7) is 5.88. The summed E-state index contributed by atoms with van der Waals surface area (Å²) in [5.41, 5.74) is 2.33. The van der Waals surface area contributed by atoms with Crippen LogP contribution in [-0.4, -0.2) is 24.6 Å². The zero-order valence-corrected chi connectivity index (χ0v) is 13.8. The maximum absolute atomic E-state index is 12.6. The molecule has 0 aliphatic carbocycles. The number of H-pyrrole nitrogens is 1. The van der Waals surface area contributed by atoms with E-state index < -0.39 is 10.4 Å². The van der Waals surface area contributed by atoms with Crippen molar-refractivity contribution in [2.45, 2.75) is 32.1 Å². The zero-order valence-electron chi connectivity index (χ0n) is 12.0. The Morgan fingerprint density at radius 2 is 1.90 bits per heavy atom. The van der Waals surface area contributed by atoms with E-state index in [9.17, 15) is 9.59 Å². The summed E-state index contributed by atoms with van der Waals surface area (Å²) in [5, 5.41) is 0. The van der Waals surface area contributed by atoms with Gasteiger partial charge in [0.2, 0.25) is 0 Å². The summed E-state index contributed by atoms with van der Waals surface area (Å²) in [5.74, 6) is 0.464. The lowest BCUT2D eigenvalue weighted by Crippen LogP contribution is -2.41. The third-order valence-electron chi connectivity index (χ3n) is 3.76. The van der Waals surface area contributed by atoms with E-state index in [-0.39, 0.29) is 12.1 Å². The molecule has 2 aromatic heterocycles. The van der Waals surface area contributed by atoms with Gasteiger partial charge >= 0.3 is 5.69 Å². The summed E-state index contributed by atoms with van der Waals surface area (Å²) in [6.07, 6.45) is 0. The lowest BCUT2D eigenvalue weighted by atomic mass is 10.2. The molecule has 0 radical (unpaired) electrons. The standard InChI is InChI=1S/C13H19N3O2S2/c1-7-8(2)15(4)10-9(7)14-12(18)16(11(10)17)5-13(3,20)6-19/h19-20H,5-6H2,1-4H3,(H,14,18). The molecule has 0 aliphatic rings. The van der Waals surface area contributed by atoms with Gasteiger partial charge in [-0.2, -0.15) is 25.3 Å². The summed E-state index contributed by atoms with van der Waals surface area (Å²) < 4.78 is 2.49. The Hall–Kier alpha value is -1.08. The van der Waals surface area contributed by atoms with Crippen LogP contribution < -0.4 is 11.2 Å². The van der Waals surface area contributed by atoms with Crippen LogP contribution in [0.1, 0.15) is 18.2 Å². The minimum Gasteiger partial charge on any atom is -0.342 e. The van der Waals surface area contributed by atoms with Gasteiger partial charge in [0.15, 0.2) is 0 Å². The predicted octanol–water partition coefficient (Wildman–Crippen LogP) is 1.26. The Balaban J connectivity index is 2.80. The molecule has 0 spiro atoms. The SMILES string of the molecule is Cc1c(C)n(C)c2c(=O)n(CC(C)(S)CS)c(=O)[nH]c12. The average Bonchev–Trinajstić information content (AvgIpc) is 2.59. The van der Waals surface area contributed by atoms with Crippen molar-refractivity contribution >= 4 is 36.3 Å². The Labute approximate surface area is 127 Å². The van der Waals surface area contributed by atoms with Gasteiger partial charge < -0.3 is 9.55 Å². The molecule has 1 N–H and O–H groups in total. The van der Waals surface area contributed by atoms with Crippen LogP contribution in [0, 0.1) is 13.8 Å². The monoisotopic (exact) mass is 313 g/mol. The predicted molar refractivity (Wildman–Crippen MR) is 88.5 cm³/mol. The van der Waals surface area contributed by atoms with E-state index in [2.05, 4.69) is 30.2 Å². The summed E-state index contributed by atoms with van der Waals surface area (Å²) in [7, 11) is 1.83. The number of rotatable bonds is 3. The number of nitrogens with zero attached hydrogens (tertiary/aromatic N) is 2. The van der Waals surface area contributed by atoms with Gasteiger partial charge in [0.05, 0.1) is 5.52 Å². The van der Waals surface area contributed by atoms with Crippen LogP contribution in [0.4, 0.5) is 0 Å². The first kappa shape index (κ1) is 15.3. The molecule has 20 heavy (non-hydrogen) atoms. The van der Waals surface area contributed by atoms with E-state index in [4.69, 9.17) is 0 Å². The fraction of sp³-hybridized carbons (Fsp3) is 0.538. The first-order valence-electron chi connectivity index (χ1n) is 6.31. The highest BCUT2D eigenvalue weighted by molar-refractivity contribution is 7.85. The zero-order chi connectivity index (χ0) is 15.2. The van der Waals surface area contributed by atoms with E-state index in [1.54, 1.807) is 0 Å². The largest absolute Gasteiger partial charge is 0.342 e. The molecule has 1 atom stereocenters. The number of aryl methyl sites for hydroxylation is 2. The highest BCUT2D eigenvalue weighted by atomic mass is 32.1. The molecule has 0 bridgehead atoms. The van der Waals surface area contributed by atoms with E-state index in [1.165, 1.54) is 4.57 Å². The summed E-state index contributed by atoms with van der Waals surface area (Å²) in [4.78, 5) is 27.6. The van der Waals surface area contributed by atoms with Crippen LogP contribution in [0.15, 0.2) is 9.59 Å². The van der Waals surface area contributed by atoms with Crippen LogP contribution in [-0.2, 0) is 13.6 Å². The van der Waals surface area contributed by atoms with Crippen molar-refractivity contribution in [1.29, 1.82) is 0 Å². The van der Waals surface area contributed by atoms with Gasteiger partial charge in [-0.3, -0.25) is 9.36 Å². The molecule has 2 heterocycles. The highest BCUT2D eigenvalue weighted by Crippen LogP contribution is 2.19. The normalized spacial score (nSPS) is 14.7. The number of fused-ring (bicyclic) bond motifs is 1. The van der Waals surface area contributed by atoms with E-state index in [1.807, 2.05) is 32.4 Å². The second kappa shape index (κ2) is 5.04. The van der Waals surface area contributed by atoms with Crippen molar-refractivity contribution < 1.29 is 0 Å². The van der Waals surface area contributed by atoms with Crippen molar-refractivity contribution in [3.8, 4) is 0 Å². The van der Waals surface area contributed by atoms with E-state index in [0.29, 0.717) is 16.8 Å². The molecule has 0 aromatic carbocycles. The highest BCUT2D eigenvalue weighted by Gasteiger charge is 2.22. The number of nitrogens with one attached hydrogen (secondary N) is 1. The Morgan fingerprint density at radius 1 is 1.30 bits per heavy atom. The minimum absolute atomic E-state index is 0.215. The molecular weight excluding hydrogens is 294 g/mol. The van der Waals surface area contributed by atoms with Crippen LogP contribution in [0.25, 0.3) is 11.0 Å². The fourth-order valence-corrected chi connectivity index (χ4v) is 2.52. The summed E-state index contributed by atoms with van der Waals surface area (Å²) in [6, 6.07) is 0. The quantitative estimate of drug-likeness (QED) is 0.747. The molecule has 0 saturated heterocycles. The lowest BCUT2D eigenvalue weighted by Gasteiger charge is -2.21. The van der Waals surface area contributed by atoms with Crippen LogP contribution >= 0.6 is 25.3 Å². The molecule has 0 aliphatic heterocycles. The second-order valence-electron chi connectivity index (χ2n) is 5.47. The number of hydrogen-bond acceptors (Lipinski definition) is 4. The Kier molecular flexibility index (Phi) is 3.85. The minimum atomic E-state index is -0.525. The lowest BCUT2D eigenvalue weighted by molar-refractivity contribution is 0.542. The van der Waals surface area contributed by atoms with Crippen LogP contribution in [0.3, 0.4) is 0 Å².